The molecule has 3 nitrogen and oxygen atoms in total. The molecule has 0 spiro atoms. The molecular weight excluding hydrogens is 200 g/mol. The van der Waals surface area contributed by atoms with Crippen molar-refractivity contribution in [1.82, 2.24) is 10.6 Å². The lowest BCUT2D eigenvalue weighted by Crippen LogP contribution is -2.47. The maximum absolute atomic E-state index is 11.6. The maximum Gasteiger partial charge on any atom is 0.315 e. The molecule has 2 saturated carbocycles. The van der Waals surface area contributed by atoms with E-state index in [0.29, 0.717) is 0 Å². The van der Waals surface area contributed by atoms with Crippen LogP contribution in [-0.2, 0) is 0 Å². The van der Waals surface area contributed by atoms with Gasteiger partial charge in [0, 0.05) is 12.1 Å². The minimum atomic E-state index is -0.140. The van der Waals surface area contributed by atoms with Gasteiger partial charge in [-0.3, -0.25) is 0 Å². The first-order chi connectivity index (χ1) is 7.46. The maximum atomic E-state index is 11.6. The van der Waals surface area contributed by atoms with Gasteiger partial charge in [-0.2, -0.15) is 0 Å². The number of carbonyl (C=O) groups is 1. The third kappa shape index (κ3) is 3.69. The first-order valence-electron chi connectivity index (χ1n) is 6.52. The molecule has 16 heavy (non-hydrogen) atoms. The zero-order chi connectivity index (χ0) is 11.8. The summed E-state index contributed by atoms with van der Waals surface area (Å²) in [6, 6.07) is -0.0150. The van der Waals surface area contributed by atoms with Crippen LogP contribution in [0.4, 0.5) is 4.79 Å². The highest BCUT2D eigenvalue weighted by atomic mass is 16.2. The van der Waals surface area contributed by atoms with E-state index in [4.69, 9.17) is 0 Å². The molecule has 2 aliphatic rings. The van der Waals surface area contributed by atoms with Crippen LogP contribution in [-0.4, -0.2) is 18.1 Å². The summed E-state index contributed by atoms with van der Waals surface area (Å²) in [5.41, 5.74) is -0.140. The Morgan fingerprint density at radius 1 is 1.19 bits per heavy atom. The lowest BCUT2D eigenvalue weighted by molar-refractivity contribution is 0.228. The lowest BCUT2D eigenvalue weighted by atomic mass is 9.98. The van der Waals surface area contributed by atoms with Crippen LogP contribution < -0.4 is 10.6 Å². The zero-order valence-electron chi connectivity index (χ0n) is 10.7. The van der Waals surface area contributed by atoms with Crippen LogP contribution in [0.15, 0.2) is 0 Å². The van der Waals surface area contributed by atoms with E-state index < -0.39 is 0 Å². The van der Waals surface area contributed by atoms with Crippen molar-refractivity contribution in [3.8, 4) is 0 Å². The normalized spacial score (nSPS) is 21.0. The average molecular weight is 224 g/mol. The van der Waals surface area contributed by atoms with Crippen LogP contribution in [0.5, 0.6) is 0 Å². The number of urea groups is 1. The number of carbonyl (C=O) groups excluding carboxylic acids is 1. The fourth-order valence-corrected chi connectivity index (χ4v) is 2.36. The quantitative estimate of drug-likeness (QED) is 0.757. The Bertz CT molecular complexity index is 250. The molecule has 0 aromatic carbocycles. The van der Waals surface area contributed by atoms with Crippen molar-refractivity contribution >= 4 is 6.03 Å². The predicted octanol–water partition coefficient (Wildman–Crippen LogP) is 2.52. The molecule has 2 N–H and O–H groups in total. The fourth-order valence-electron chi connectivity index (χ4n) is 2.36. The summed E-state index contributed by atoms with van der Waals surface area (Å²) in [6.45, 7) is 6.89. The van der Waals surface area contributed by atoms with Gasteiger partial charge < -0.3 is 10.6 Å². The highest BCUT2D eigenvalue weighted by molar-refractivity contribution is 5.74. The summed E-state index contributed by atoms with van der Waals surface area (Å²) in [5, 5.41) is 5.98. The van der Waals surface area contributed by atoms with Crippen LogP contribution in [0.2, 0.25) is 0 Å². The van der Waals surface area contributed by atoms with Gasteiger partial charge in [-0.05, 0) is 64.2 Å². The highest BCUT2D eigenvalue weighted by Crippen LogP contribution is 2.48. The van der Waals surface area contributed by atoms with Gasteiger partial charge in [-0.1, -0.05) is 0 Å². The number of amides is 2. The SMILES string of the molecule is CC(C)(C)NC(=O)NCC(C1CC1)C1CC1. The smallest absolute Gasteiger partial charge is 0.315 e. The van der Waals surface area contributed by atoms with E-state index in [-0.39, 0.29) is 11.6 Å². The molecule has 2 rings (SSSR count). The fraction of sp³-hybridized carbons (Fsp3) is 0.923. The summed E-state index contributed by atoms with van der Waals surface area (Å²) < 4.78 is 0. The second kappa shape index (κ2) is 4.27. The van der Waals surface area contributed by atoms with Gasteiger partial charge in [0.1, 0.15) is 0 Å². The molecular formula is C13H24N2O. The first-order valence-corrected chi connectivity index (χ1v) is 6.52. The minimum absolute atomic E-state index is 0.0150. The van der Waals surface area contributed by atoms with Crippen LogP contribution in [0.3, 0.4) is 0 Å². The molecule has 0 bridgehead atoms. The van der Waals surface area contributed by atoms with Crippen LogP contribution in [0, 0.1) is 17.8 Å². The summed E-state index contributed by atoms with van der Waals surface area (Å²) in [7, 11) is 0. The molecule has 0 unspecified atom stereocenters. The Morgan fingerprint density at radius 3 is 2.06 bits per heavy atom. The van der Waals surface area contributed by atoms with Gasteiger partial charge in [0.25, 0.3) is 0 Å². The Kier molecular flexibility index (Phi) is 3.13. The summed E-state index contributed by atoms with van der Waals surface area (Å²) in [5.74, 6) is 2.57. The lowest BCUT2D eigenvalue weighted by Gasteiger charge is -2.22. The molecule has 0 radical (unpaired) electrons. The monoisotopic (exact) mass is 224 g/mol. The standard InChI is InChI=1S/C13H24N2O/c1-13(2,3)15-12(16)14-8-11(9-4-5-9)10-6-7-10/h9-11H,4-8H2,1-3H3,(H2,14,15,16). The molecule has 2 aliphatic carbocycles. The molecule has 0 aromatic heterocycles. The Labute approximate surface area is 98.4 Å². The molecule has 2 amide bonds. The third-order valence-corrected chi connectivity index (χ3v) is 3.44. The van der Waals surface area contributed by atoms with Gasteiger partial charge >= 0.3 is 6.03 Å². The van der Waals surface area contributed by atoms with Crippen molar-refractivity contribution < 1.29 is 4.79 Å². The molecule has 0 heterocycles. The molecule has 3 heteroatoms. The van der Waals surface area contributed by atoms with E-state index in [2.05, 4.69) is 10.6 Å². The summed E-state index contributed by atoms with van der Waals surface area (Å²) in [6.07, 6.45) is 5.51. The minimum Gasteiger partial charge on any atom is -0.338 e. The molecule has 0 aliphatic heterocycles. The number of hydrogen-bond acceptors (Lipinski definition) is 1. The zero-order valence-corrected chi connectivity index (χ0v) is 10.7. The molecule has 92 valence electrons. The van der Waals surface area contributed by atoms with E-state index in [9.17, 15) is 4.79 Å². The summed E-state index contributed by atoms with van der Waals surface area (Å²) in [4.78, 5) is 11.6. The van der Waals surface area contributed by atoms with E-state index in [0.717, 1.165) is 24.3 Å². The molecule has 0 atom stereocenters. The Morgan fingerprint density at radius 2 is 1.69 bits per heavy atom. The highest BCUT2D eigenvalue weighted by Gasteiger charge is 2.41. The topological polar surface area (TPSA) is 41.1 Å². The predicted molar refractivity (Wildman–Crippen MR) is 65.2 cm³/mol. The molecule has 0 saturated heterocycles. The number of nitrogens with one attached hydrogen (secondary N) is 2. The largest absolute Gasteiger partial charge is 0.338 e. The van der Waals surface area contributed by atoms with Crippen molar-refractivity contribution in [2.45, 2.75) is 52.0 Å². The van der Waals surface area contributed by atoms with Gasteiger partial charge in [0.2, 0.25) is 0 Å². The van der Waals surface area contributed by atoms with E-state index in [1.54, 1.807) is 0 Å². The van der Waals surface area contributed by atoms with Crippen molar-refractivity contribution in [3.63, 3.8) is 0 Å². The summed E-state index contributed by atoms with van der Waals surface area (Å²) >= 11 is 0. The van der Waals surface area contributed by atoms with Gasteiger partial charge in [-0.15, -0.1) is 0 Å². The van der Waals surface area contributed by atoms with E-state index >= 15 is 0 Å². The van der Waals surface area contributed by atoms with Crippen LogP contribution in [0.1, 0.15) is 46.5 Å². The van der Waals surface area contributed by atoms with Gasteiger partial charge in [0.05, 0.1) is 0 Å². The number of hydrogen-bond donors (Lipinski definition) is 2. The Hall–Kier alpha value is -0.730. The van der Waals surface area contributed by atoms with Crippen molar-refractivity contribution in [1.29, 1.82) is 0 Å². The van der Waals surface area contributed by atoms with Crippen molar-refractivity contribution in [2.75, 3.05) is 6.54 Å². The second-order valence-electron chi connectivity index (χ2n) is 6.42. The average Bonchev–Trinajstić information content (AvgIpc) is 2.97. The molecule has 0 aromatic rings. The van der Waals surface area contributed by atoms with Crippen molar-refractivity contribution in [3.05, 3.63) is 0 Å². The van der Waals surface area contributed by atoms with Crippen LogP contribution in [0.25, 0.3) is 0 Å². The van der Waals surface area contributed by atoms with Crippen molar-refractivity contribution in [2.24, 2.45) is 17.8 Å². The molecule has 2 fully saturated rings. The van der Waals surface area contributed by atoms with E-state index in [1.807, 2.05) is 20.8 Å². The second-order valence-corrected chi connectivity index (χ2v) is 6.42. The van der Waals surface area contributed by atoms with E-state index in [1.165, 1.54) is 25.7 Å². The number of rotatable bonds is 4. The third-order valence-electron chi connectivity index (χ3n) is 3.44. The van der Waals surface area contributed by atoms with Gasteiger partial charge in [-0.25, -0.2) is 4.79 Å². The Balaban J connectivity index is 1.70. The van der Waals surface area contributed by atoms with Gasteiger partial charge in [0.15, 0.2) is 0 Å². The van der Waals surface area contributed by atoms with Crippen LogP contribution >= 0.6 is 0 Å². The first kappa shape index (κ1) is 11.7.